The monoisotopic (exact) mass is 555 g/mol. The predicted molar refractivity (Wildman–Crippen MR) is 135 cm³/mol. The van der Waals surface area contributed by atoms with Crippen molar-refractivity contribution < 1.29 is 23.9 Å². The van der Waals surface area contributed by atoms with E-state index in [1.54, 1.807) is 35.2 Å². The highest BCUT2D eigenvalue weighted by atomic mass is 79.9. The van der Waals surface area contributed by atoms with Gasteiger partial charge in [0.2, 0.25) is 5.91 Å². The minimum absolute atomic E-state index is 0.176. The number of hydrogen-bond acceptors (Lipinski definition) is 7. The Balaban J connectivity index is 1.51. The Morgan fingerprint density at radius 3 is 2.66 bits per heavy atom. The topological polar surface area (TPSA) is 99.9 Å². The van der Waals surface area contributed by atoms with Gasteiger partial charge in [-0.05, 0) is 54.4 Å². The van der Waals surface area contributed by atoms with Crippen LogP contribution in [0.1, 0.15) is 29.5 Å². The van der Waals surface area contributed by atoms with Crippen molar-refractivity contribution in [2.45, 2.75) is 19.4 Å². The standard InChI is InChI=1S/C25H22BrN3O5S/c1-33-20-10-18(19(26)12-21(20)34-15-17-7-3-2-6-16(17)13-27)11-22-24(31)29(25(32)35-22)14-23(30)28-8-4-5-9-28/h2-3,6-7,10-12H,4-5,8-9,14-15H2,1H3/b22-11+. The fraction of sp³-hybridized carbons (Fsp3) is 0.280. The highest BCUT2D eigenvalue weighted by molar-refractivity contribution is 9.10. The molecule has 0 saturated carbocycles. The minimum Gasteiger partial charge on any atom is -0.493 e. The van der Waals surface area contributed by atoms with Crippen molar-refractivity contribution in [2.75, 3.05) is 26.7 Å². The first-order chi connectivity index (χ1) is 16.9. The summed E-state index contributed by atoms with van der Waals surface area (Å²) < 4.78 is 12.0. The van der Waals surface area contributed by atoms with E-state index in [-0.39, 0.29) is 24.0 Å². The van der Waals surface area contributed by atoms with Crippen molar-refractivity contribution in [1.82, 2.24) is 9.80 Å². The first-order valence-electron chi connectivity index (χ1n) is 10.9. The van der Waals surface area contributed by atoms with Crippen LogP contribution in [0.3, 0.4) is 0 Å². The molecule has 0 aliphatic carbocycles. The Bertz CT molecular complexity index is 1250. The van der Waals surface area contributed by atoms with Crippen LogP contribution >= 0.6 is 27.7 Å². The molecule has 2 saturated heterocycles. The summed E-state index contributed by atoms with van der Waals surface area (Å²) >= 11 is 4.30. The number of likely N-dealkylation sites (tertiary alicyclic amines) is 1. The van der Waals surface area contributed by atoms with Crippen LogP contribution in [0, 0.1) is 11.3 Å². The molecule has 35 heavy (non-hydrogen) atoms. The lowest BCUT2D eigenvalue weighted by atomic mass is 10.1. The van der Waals surface area contributed by atoms with Gasteiger partial charge in [0.15, 0.2) is 11.5 Å². The zero-order valence-electron chi connectivity index (χ0n) is 19.0. The summed E-state index contributed by atoms with van der Waals surface area (Å²) in [6.07, 6.45) is 3.47. The van der Waals surface area contributed by atoms with Gasteiger partial charge in [0.1, 0.15) is 13.2 Å². The first-order valence-corrected chi connectivity index (χ1v) is 12.5. The molecule has 2 aliphatic rings. The van der Waals surface area contributed by atoms with Crippen molar-refractivity contribution in [3.05, 3.63) is 62.5 Å². The van der Waals surface area contributed by atoms with Crippen LogP contribution in [-0.4, -0.2) is 53.6 Å². The smallest absolute Gasteiger partial charge is 0.294 e. The zero-order chi connectivity index (χ0) is 24.9. The highest BCUT2D eigenvalue weighted by Crippen LogP contribution is 2.38. The zero-order valence-corrected chi connectivity index (χ0v) is 21.4. The molecule has 4 rings (SSSR count). The molecule has 2 aromatic carbocycles. The van der Waals surface area contributed by atoms with Crippen molar-refractivity contribution in [3.63, 3.8) is 0 Å². The number of thioether (sulfide) groups is 1. The number of hydrogen-bond donors (Lipinski definition) is 0. The number of amides is 3. The van der Waals surface area contributed by atoms with Crippen molar-refractivity contribution >= 4 is 50.8 Å². The van der Waals surface area contributed by atoms with E-state index in [2.05, 4.69) is 22.0 Å². The van der Waals surface area contributed by atoms with Gasteiger partial charge < -0.3 is 14.4 Å². The molecule has 2 fully saturated rings. The van der Waals surface area contributed by atoms with Gasteiger partial charge in [-0.25, -0.2) is 0 Å². The molecular formula is C25H22BrN3O5S. The average Bonchev–Trinajstić information content (AvgIpc) is 3.49. The second kappa shape index (κ2) is 11.0. The normalized spacial score (nSPS) is 16.7. The van der Waals surface area contributed by atoms with Crippen LogP contribution in [0.5, 0.6) is 11.5 Å². The summed E-state index contributed by atoms with van der Waals surface area (Å²) in [4.78, 5) is 40.7. The third kappa shape index (κ3) is 5.52. The van der Waals surface area contributed by atoms with Crippen LogP contribution in [-0.2, 0) is 16.2 Å². The number of imide groups is 1. The van der Waals surface area contributed by atoms with Crippen LogP contribution < -0.4 is 9.47 Å². The van der Waals surface area contributed by atoms with E-state index >= 15 is 0 Å². The van der Waals surface area contributed by atoms with Crippen molar-refractivity contribution in [1.29, 1.82) is 5.26 Å². The Labute approximate surface area is 215 Å². The van der Waals surface area contributed by atoms with Gasteiger partial charge >= 0.3 is 0 Å². The van der Waals surface area contributed by atoms with Gasteiger partial charge in [-0.1, -0.05) is 34.1 Å². The molecule has 0 bridgehead atoms. The number of nitrogens with zero attached hydrogens (tertiary/aromatic N) is 3. The van der Waals surface area contributed by atoms with Crippen LogP contribution in [0.4, 0.5) is 4.79 Å². The Morgan fingerprint density at radius 1 is 1.20 bits per heavy atom. The van der Waals surface area contributed by atoms with Crippen LogP contribution in [0.15, 0.2) is 45.8 Å². The van der Waals surface area contributed by atoms with Gasteiger partial charge in [-0.2, -0.15) is 5.26 Å². The molecule has 3 amide bonds. The molecule has 0 unspecified atom stereocenters. The van der Waals surface area contributed by atoms with E-state index in [9.17, 15) is 19.6 Å². The lowest BCUT2D eigenvalue weighted by Gasteiger charge is -2.18. The van der Waals surface area contributed by atoms with Gasteiger partial charge in [-0.3, -0.25) is 19.3 Å². The second-order valence-electron chi connectivity index (χ2n) is 7.94. The van der Waals surface area contributed by atoms with Gasteiger partial charge in [-0.15, -0.1) is 0 Å². The number of halogens is 1. The van der Waals surface area contributed by atoms with Gasteiger partial charge in [0.05, 0.1) is 23.6 Å². The second-order valence-corrected chi connectivity index (χ2v) is 9.79. The third-order valence-electron chi connectivity index (χ3n) is 5.72. The molecular weight excluding hydrogens is 534 g/mol. The lowest BCUT2D eigenvalue weighted by molar-refractivity contribution is -0.135. The fourth-order valence-corrected chi connectivity index (χ4v) is 5.09. The lowest BCUT2D eigenvalue weighted by Crippen LogP contribution is -2.40. The predicted octanol–water partition coefficient (Wildman–Crippen LogP) is 4.57. The summed E-state index contributed by atoms with van der Waals surface area (Å²) in [6.45, 7) is 1.25. The van der Waals surface area contributed by atoms with E-state index in [4.69, 9.17) is 9.47 Å². The van der Waals surface area contributed by atoms with Crippen LogP contribution in [0.25, 0.3) is 6.08 Å². The molecule has 0 radical (unpaired) electrons. The summed E-state index contributed by atoms with van der Waals surface area (Å²) in [6, 6.07) is 12.7. The number of benzene rings is 2. The summed E-state index contributed by atoms with van der Waals surface area (Å²) in [5, 5.41) is 8.81. The van der Waals surface area contributed by atoms with Gasteiger partial charge in [0, 0.05) is 23.1 Å². The summed E-state index contributed by atoms with van der Waals surface area (Å²) in [7, 11) is 1.50. The Hall–Kier alpha value is -3.29. The average molecular weight is 556 g/mol. The molecule has 8 nitrogen and oxygen atoms in total. The summed E-state index contributed by atoms with van der Waals surface area (Å²) in [5.41, 5.74) is 1.89. The van der Waals surface area contributed by atoms with Crippen molar-refractivity contribution in [2.24, 2.45) is 0 Å². The number of nitriles is 1. The number of rotatable bonds is 7. The quantitative estimate of drug-likeness (QED) is 0.461. The SMILES string of the molecule is COc1cc(/C=C2/SC(=O)N(CC(=O)N3CCCC3)C2=O)c(Br)cc1OCc1ccccc1C#N. The molecule has 0 spiro atoms. The first kappa shape index (κ1) is 24.8. The van der Waals surface area contributed by atoms with E-state index < -0.39 is 11.1 Å². The van der Waals surface area contributed by atoms with E-state index in [1.807, 2.05) is 12.1 Å². The van der Waals surface area contributed by atoms with Gasteiger partial charge in [0.25, 0.3) is 11.1 Å². The number of methoxy groups -OCH3 is 1. The number of carbonyl (C=O) groups excluding carboxylic acids is 3. The van der Waals surface area contributed by atoms with E-state index in [1.165, 1.54) is 7.11 Å². The van der Waals surface area contributed by atoms with E-state index in [0.29, 0.717) is 40.2 Å². The maximum atomic E-state index is 12.9. The third-order valence-corrected chi connectivity index (χ3v) is 7.31. The maximum absolute atomic E-state index is 12.9. The summed E-state index contributed by atoms with van der Waals surface area (Å²) in [5.74, 6) is 0.172. The number of carbonyl (C=O) groups is 3. The fourth-order valence-electron chi connectivity index (χ4n) is 3.82. The van der Waals surface area contributed by atoms with Crippen molar-refractivity contribution in [3.8, 4) is 17.6 Å². The Kier molecular flexibility index (Phi) is 7.78. The van der Waals surface area contributed by atoms with E-state index in [0.717, 1.165) is 35.1 Å². The highest BCUT2D eigenvalue weighted by Gasteiger charge is 2.37. The Morgan fingerprint density at radius 2 is 1.94 bits per heavy atom. The molecule has 0 aromatic heterocycles. The van der Waals surface area contributed by atoms with Crippen LogP contribution in [0.2, 0.25) is 0 Å². The molecule has 2 aliphatic heterocycles. The molecule has 10 heteroatoms. The molecule has 180 valence electrons. The molecule has 2 aromatic rings. The minimum atomic E-state index is -0.494. The molecule has 0 atom stereocenters. The number of ether oxygens (including phenoxy) is 2. The molecule has 0 N–H and O–H groups in total. The molecule has 2 heterocycles. The maximum Gasteiger partial charge on any atom is 0.294 e. The largest absolute Gasteiger partial charge is 0.493 e.